The lowest BCUT2D eigenvalue weighted by molar-refractivity contribution is -0.142. The molecule has 192 valence electrons. The van der Waals surface area contributed by atoms with Gasteiger partial charge in [-0.05, 0) is 24.5 Å². The fourth-order valence-corrected chi connectivity index (χ4v) is 4.19. The summed E-state index contributed by atoms with van der Waals surface area (Å²) in [5, 5.41) is 10.4. The topological polar surface area (TPSA) is 110 Å². The number of rotatable bonds is 7. The second kappa shape index (κ2) is 9.63. The van der Waals surface area contributed by atoms with Gasteiger partial charge in [0.2, 0.25) is 11.9 Å². The molecule has 4 rings (SSSR count). The van der Waals surface area contributed by atoms with Crippen molar-refractivity contribution in [2.75, 3.05) is 29.7 Å². The van der Waals surface area contributed by atoms with Gasteiger partial charge in [-0.1, -0.05) is 13.8 Å². The van der Waals surface area contributed by atoms with Crippen LogP contribution in [-0.2, 0) is 24.1 Å². The minimum Gasteiger partial charge on any atom is -0.494 e. The van der Waals surface area contributed by atoms with Gasteiger partial charge in [-0.3, -0.25) is 9.48 Å². The molecule has 13 heteroatoms. The molecule has 1 aliphatic heterocycles. The number of hydrogen-bond donors (Lipinski definition) is 2. The Hall–Kier alpha value is -3.90. The Bertz CT molecular complexity index is 1270. The van der Waals surface area contributed by atoms with Crippen molar-refractivity contribution in [3.8, 4) is 5.75 Å². The van der Waals surface area contributed by atoms with Crippen LogP contribution in [-0.4, -0.2) is 50.8 Å². The summed E-state index contributed by atoms with van der Waals surface area (Å²) in [6.07, 6.45) is -0.0201. The molecule has 3 aromatic heterocycles. The number of pyridine rings is 1. The Labute approximate surface area is 205 Å². The number of fused-ring (bicyclic) bond motifs is 1. The molecule has 2 N–H and O–H groups in total. The lowest BCUT2D eigenvalue weighted by Gasteiger charge is -2.36. The highest BCUT2D eigenvalue weighted by molar-refractivity contribution is 6.03. The number of aryl methyl sites for hydroxylation is 1. The summed E-state index contributed by atoms with van der Waals surface area (Å²) < 4.78 is 45.6. The first kappa shape index (κ1) is 25.2. The van der Waals surface area contributed by atoms with Gasteiger partial charge in [0.05, 0.1) is 25.5 Å². The molecule has 4 heterocycles. The van der Waals surface area contributed by atoms with E-state index in [2.05, 4.69) is 30.7 Å². The van der Waals surface area contributed by atoms with Gasteiger partial charge >= 0.3 is 6.18 Å². The van der Waals surface area contributed by atoms with Crippen LogP contribution in [0.3, 0.4) is 0 Å². The number of amides is 1. The molecule has 0 aliphatic carbocycles. The normalized spacial score (nSPS) is 15.6. The molecule has 0 saturated carbocycles. The number of carbonyl (C=O) groups excluding carboxylic acids is 1. The monoisotopic (exact) mass is 504 g/mol. The van der Waals surface area contributed by atoms with Crippen LogP contribution in [0, 0.1) is 12.8 Å². The first-order chi connectivity index (χ1) is 17.0. The highest BCUT2D eigenvalue weighted by Gasteiger charge is 2.37. The van der Waals surface area contributed by atoms with E-state index in [0.29, 0.717) is 35.3 Å². The van der Waals surface area contributed by atoms with Crippen molar-refractivity contribution in [3.05, 3.63) is 47.2 Å². The summed E-state index contributed by atoms with van der Waals surface area (Å²) in [7, 11) is 3.01. The SMILES string of the molecule is COc1cc(Cn2cc(CNc3nc(C)c4c(n3)N(C)[C@@H](C(C)C)C(=O)N4)cn2)cnc1C(F)(F)F. The largest absolute Gasteiger partial charge is 0.494 e. The highest BCUT2D eigenvalue weighted by atomic mass is 19.4. The zero-order chi connectivity index (χ0) is 26.2. The Kier molecular flexibility index (Phi) is 6.74. The van der Waals surface area contributed by atoms with E-state index >= 15 is 0 Å². The molecule has 0 aromatic carbocycles. The number of methoxy groups -OCH3 is 1. The van der Waals surface area contributed by atoms with Crippen LogP contribution in [0.1, 0.15) is 36.4 Å². The molecule has 1 amide bonds. The van der Waals surface area contributed by atoms with Crippen molar-refractivity contribution >= 4 is 23.4 Å². The van der Waals surface area contributed by atoms with E-state index in [9.17, 15) is 18.0 Å². The minimum absolute atomic E-state index is 0.0827. The van der Waals surface area contributed by atoms with E-state index in [1.165, 1.54) is 13.2 Å². The molecule has 3 aromatic rings. The van der Waals surface area contributed by atoms with E-state index in [4.69, 9.17) is 4.74 Å². The molecular formula is C23H27F3N8O2. The van der Waals surface area contributed by atoms with E-state index in [1.54, 1.807) is 24.0 Å². The first-order valence-electron chi connectivity index (χ1n) is 11.3. The number of alkyl halides is 3. The number of ether oxygens (including phenoxy) is 1. The van der Waals surface area contributed by atoms with Crippen molar-refractivity contribution < 1.29 is 22.7 Å². The maximum atomic E-state index is 13.0. The van der Waals surface area contributed by atoms with Crippen LogP contribution in [0.25, 0.3) is 0 Å². The highest BCUT2D eigenvalue weighted by Crippen LogP contribution is 2.35. The number of nitrogens with one attached hydrogen (secondary N) is 2. The molecule has 0 unspecified atom stereocenters. The second-order valence-corrected chi connectivity index (χ2v) is 8.91. The van der Waals surface area contributed by atoms with Crippen LogP contribution in [0.2, 0.25) is 0 Å². The summed E-state index contributed by atoms with van der Waals surface area (Å²) in [6, 6.07) is 0.968. The molecule has 36 heavy (non-hydrogen) atoms. The Morgan fingerprint density at radius 2 is 1.97 bits per heavy atom. The smallest absolute Gasteiger partial charge is 0.437 e. The zero-order valence-electron chi connectivity index (χ0n) is 20.5. The van der Waals surface area contributed by atoms with Gasteiger partial charge in [0.1, 0.15) is 17.5 Å². The number of halogens is 3. The number of hydrogen-bond acceptors (Lipinski definition) is 8. The van der Waals surface area contributed by atoms with E-state index in [-0.39, 0.29) is 30.2 Å². The van der Waals surface area contributed by atoms with Gasteiger partial charge in [-0.15, -0.1) is 0 Å². The zero-order valence-corrected chi connectivity index (χ0v) is 20.5. The van der Waals surface area contributed by atoms with Crippen molar-refractivity contribution in [1.82, 2.24) is 24.7 Å². The van der Waals surface area contributed by atoms with Crippen molar-refractivity contribution in [1.29, 1.82) is 0 Å². The predicted molar refractivity (Wildman–Crippen MR) is 127 cm³/mol. The lowest BCUT2D eigenvalue weighted by atomic mass is 9.99. The molecule has 0 fully saturated rings. The average Bonchev–Trinajstić information content (AvgIpc) is 3.24. The van der Waals surface area contributed by atoms with Crippen molar-refractivity contribution in [2.45, 2.75) is 46.1 Å². The van der Waals surface area contributed by atoms with Gasteiger partial charge in [0, 0.05) is 31.5 Å². The maximum absolute atomic E-state index is 13.0. The van der Waals surface area contributed by atoms with E-state index in [0.717, 1.165) is 11.8 Å². The van der Waals surface area contributed by atoms with Gasteiger partial charge < -0.3 is 20.3 Å². The number of aromatic nitrogens is 5. The molecule has 0 saturated heterocycles. The van der Waals surface area contributed by atoms with Gasteiger partial charge in [0.15, 0.2) is 11.5 Å². The summed E-state index contributed by atoms with van der Waals surface area (Å²) in [5.74, 6) is 0.722. The molecule has 1 aliphatic rings. The molecule has 10 nitrogen and oxygen atoms in total. The van der Waals surface area contributed by atoms with Crippen LogP contribution >= 0.6 is 0 Å². The maximum Gasteiger partial charge on any atom is 0.437 e. The van der Waals surface area contributed by atoms with Gasteiger partial charge in [0.25, 0.3) is 0 Å². The molecule has 1 atom stereocenters. The van der Waals surface area contributed by atoms with Crippen LogP contribution in [0.4, 0.5) is 30.6 Å². The fourth-order valence-electron chi connectivity index (χ4n) is 4.19. The number of likely N-dealkylation sites (N-methyl/N-ethyl adjacent to an activating group) is 1. The summed E-state index contributed by atoms with van der Waals surface area (Å²) >= 11 is 0. The predicted octanol–water partition coefficient (Wildman–Crippen LogP) is 3.48. The molecule has 0 bridgehead atoms. The van der Waals surface area contributed by atoms with E-state index in [1.807, 2.05) is 25.8 Å². The Morgan fingerprint density at radius 3 is 2.64 bits per heavy atom. The quantitative estimate of drug-likeness (QED) is 0.503. The third-order valence-corrected chi connectivity index (χ3v) is 5.85. The van der Waals surface area contributed by atoms with Crippen molar-refractivity contribution in [3.63, 3.8) is 0 Å². The van der Waals surface area contributed by atoms with E-state index < -0.39 is 11.9 Å². The van der Waals surface area contributed by atoms with Gasteiger partial charge in [-0.25, -0.2) is 9.97 Å². The van der Waals surface area contributed by atoms with Crippen LogP contribution in [0.15, 0.2) is 24.7 Å². The molecular weight excluding hydrogens is 477 g/mol. The Morgan fingerprint density at radius 1 is 1.22 bits per heavy atom. The summed E-state index contributed by atoms with van der Waals surface area (Å²) in [5.41, 5.74) is 1.51. The van der Waals surface area contributed by atoms with Crippen LogP contribution in [0.5, 0.6) is 5.75 Å². The number of anilines is 3. The first-order valence-corrected chi connectivity index (χ1v) is 11.3. The standard InChI is InChI=1S/C23H27F3N8O2/c1-12(2)18-21(35)31-17-13(3)30-22(32-20(17)33(18)4)28-8-15-9-29-34(11-15)10-14-6-16(36-5)19(27-7-14)23(24,25)26/h6-7,9,11-12,18H,8,10H2,1-5H3,(H,31,35)(H,28,30,32)/t18-/m0/s1. The molecule has 0 radical (unpaired) electrons. The lowest BCUT2D eigenvalue weighted by Crippen LogP contribution is -2.49. The number of carbonyl (C=O) groups is 1. The molecule has 0 spiro atoms. The number of nitrogens with zero attached hydrogens (tertiary/aromatic N) is 6. The third kappa shape index (κ3) is 5.04. The Balaban J connectivity index is 1.45. The fraction of sp³-hybridized carbons (Fsp3) is 0.435. The summed E-state index contributed by atoms with van der Waals surface area (Å²) in [4.78, 5) is 26.9. The van der Waals surface area contributed by atoms with Crippen molar-refractivity contribution in [2.24, 2.45) is 5.92 Å². The minimum atomic E-state index is -4.60. The summed E-state index contributed by atoms with van der Waals surface area (Å²) in [6.45, 7) is 6.36. The average molecular weight is 505 g/mol. The van der Waals surface area contributed by atoms with Crippen LogP contribution < -0.4 is 20.3 Å². The third-order valence-electron chi connectivity index (χ3n) is 5.85. The van der Waals surface area contributed by atoms with Gasteiger partial charge in [-0.2, -0.15) is 23.3 Å². The second-order valence-electron chi connectivity index (χ2n) is 8.91.